The molecule has 0 aliphatic carbocycles. The Labute approximate surface area is 128 Å². The Morgan fingerprint density at radius 2 is 1.95 bits per heavy atom. The van der Waals surface area contributed by atoms with Gasteiger partial charge in [0, 0.05) is 5.56 Å². The molecule has 0 radical (unpaired) electrons. The summed E-state index contributed by atoms with van der Waals surface area (Å²) in [5.41, 5.74) is 1.15. The maximum Gasteiger partial charge on any atom is 0.125 e. The fourth-order valence-corrected chi connectivity index (χ4v) is 3.67. The molecule has 21 heavy (non-hydrogen) atoms. The largest absolute Gasteiger partial charge is 0.486 e. The Morgan fingerprint density at radius 3 is 2.71 bits per heavy atom. The number of hydrogen-bond donors (Lipinski definition) is 1. The van der Waals surface area contributed by atoms with Crippen LogP contribution in [-0.4, -0.2) is 37.2 Å². The quantitative estimate of drug-likeness (QED) is 0.920. The van der Waals surface area contributed by atoms with E-state index in [2.05, 4.69) is 55.4 Å². The van der Waals surface area contributed by atoms with Gasteiger partial charge in [-0.3, -0.25) is 0 Å². The molecular weight excluding hydrogens is 260 g/mol. The number of rotatable bonds is 4. The van der Waals surface area contributed by atoms with Crippen molar-refractivity contribution < 1.29 is 4.74 Å². The number of nitrogens with one attached hydrogen (secondary N) is 1. The Kier molecular flexibility index (Phi) is 4.23. The normalized spacial score (nSPS) is 25.6. The highest BCUT2D eigenvalue weighted by Gasteiger charge is 2.40. The number of fused-ring (bicyclic) bond motifs is 1. The molecular formula is C18H28N2O. The molecule has 0 spiro atoms. The SMILES string of the molecule is CN1CCC(CCNC2c3ccccc3OC2(C)C)CC1. The fourth-order valence-electron chi connectivity index (χ4n) is 3.67. The van der Waals surface area contributed by atoms with E-state index in [1.54, 1.807) is 0 Å². The van der Waals surface area contributed by atoms with E-state index >= 15 is 0 Å². The number of para-hydroxylation sites is 1. The Balaban J connectivity index is 1.55. The van der Waals surface area contributed by atoms with E-state index in [0.717, 1.165) is 18.2 Å². The van der Waals surface area contributed by atoms with E-state index in [4.69, 9.17) is 4.74 Å². The van der Waals surface area contributed by atoms with Gasteiger partial charge >= 0.3 is 0 Å². The van der Waals surface area contributed by atoms with Crippen LogP contribution in [0.1, 0.15) is 44.7 Å². The van der Waals surface area contributed by atoms with Gasteiger partial charge in [0.25, 0.3) is 0 Å². The lowest BCUT2D eigenvalue weighted by atomic mass is 9.92. The number of piperidine rings is 1. The molecule has 0 saturated carbocycles. The molecule has 2 aliphatic heterocycles. The summed E-state index contributed by atoms with van der Waals surface area (Å²) < 4.78 is 6.09. The van der Waals surface area contributed by atoms with Gasteiger partial charge in [-0.15, -0.1) is 0 Å². The van der Waals surface area contributed by atoms with Crippen molar-refractivity contribution >= 4 is 0 Å². The van der Waals surface area contributed by atoms with Gasteiger partial charge in [-0.05, 0) is 71.8 Å². The van der Waals surface area contributed by atoms with Crippen LogP contribution in [0.3, 0.4) is 0 Å². The van der Waals surface area contributed by atoms with Crippen LogP contribution >= 0.6 is 0 Å². The Morgan fingerprint density at radius 1 is 1.24 bits per heavy atom. The second-order valence-corrected chi connectivity index (χ2v) is 7.17. The first-order chi connectivity index (χ1) is 10.1. The van der Waals surface area contributed by atoms with E-state index in [9.17, 15) is 0 Å². The molecule has 3 heteroatoms. The number of nitrogens with zero attached hydrogens (tertiary/aromatic N) is 1. The van der Waals surface area contributed by atoms with E-state index in [-0.39, 0.29) is 5.60 Å². The van der Waals surface area contributed by atoms with Crippen LogP contribution in [0.2, 0.25) is 0 Å². The zero-order chi connectivity index (χ0) is 14.9. The Hall–Kier alpha value is -1.06. The summed E-state index contributed by atoms with van der Waals surface area (Å²) in [5.74, 6) is 1.92. The molecule has 1 unspecified atom stereocenters. The van der Waals surface area contributed by atoms with Crippen LogP contribution in [0.5, 0.6) is 5.75 Å². The van der Waals surface area contributed by atoms with Gasteiger partial charge in [0.05, 0.1) is 6.04 Å². The Bertz CT molecular complexity index is 478. The van der Waals surface area contributed by atoms with Crippen molar-refractivity contribution in [3.05, 3.63) is 29.8 Å². The second-order valence-electron chi connectivity index (χ2n) is 7.17. The highest BCUT2D eigenvalue weighted by atomic mass is 16.5. The molecule has 2 heterocycles. The van der Waals surface area contributed by atoms with Crippen molar-refractivity contribution in [2.45, 2.75) is 44.8 Å². The number of likely N-dealkylation sites (tertiary alicyclic amines) is 1. The predicted molar refractivity (Wildman–Crippen MR) is 86.7 cm³/mol. The first kappa shape index (κ1) is 14.9. The minimum absolute atomic E-state index is 0.156. The topological polar surface area (TPSA) is 24.5 Å². The lowest BCUT2D eigenvalue weighted by molar-refractivity contribution is 0.0950. The minimum Gasteiger partial charge on any atom is -0.486 e. The lowest BCUT2D eigenvalue weighted by Gasteiger charge is -2.31. The molecule has 1 aromatic rings. The van der Waals surface area contributed by atoms with Gasteiger partial charge < -0.3 is 15.0 Å². The van der Waals surface area contributed by atoms with Gasteiger partial charge in [-0.1, -0.05) is 18.2 Å². The fraction of sp³-hybridized carbons (Fsp3) is 0.667. The summed E-state index contributed by atoms with van der Waals surface area (Å²) in [6.07, 6.45) is 3.97. The molecule has 1 fully saturated rings. The maximum absolute atomic E-state index is 6.09. The van der Waals surface area contributed by atoms with Crippen LogP contribution < -0.4 is 10.1 Å². The summed E-state index contributed by atoms with van der Waals surface area (Å²) in [5, 5.41) is 3.75. The average Bonchev–Trinajstić information content (AvgIpc) is 2.71. The van der Waals surface area contributed by atoms with Crippen molar-refractivity contribution in [1.29, 1.82) is 0 Å². The molecule has 0 bridgehead atoms. The summed E-state index contributed by atoms with van der Waals surface area (Å²) in [6, 6.07) is 8.73. The zero-order valence-electron chi connectivity index (χ0n) is 13.6. The highest BCUT2D eigenvalue weighted by Crippen LogP contribution is 2.42. The van der Waals surface area contributed by atoms with Gasteiger partial charge in [-0.25, -0.2) is 0 Å². The third kappa shape index (κ3) is 3.24. The first-order valence-electron chi connectivity index (χ1n) is 8.26. The summed E-state index contributed by atoms with van der Waals surface area (Å²) >= 11 is 0. The first-order valence-corrected chi connectivity index (χ1v) is 8.26. The molecule has 3 nitrogen and oxygen atoms in total. The predicted octanol–water partition coefficient (Wildman–Crippen LogP) is 3.22. The smallest absolute Gasteiger partial charge is 0.125 e. The minimum atomic E-state index is -0.156. The maximum atomic E-state index is 6.09. The van der Waals surface area contributed by atoms with Gasteiger partial charge in [0.2, 0.25) is 0 Å². The molecule has 2 aliphatic rings. The summed E-state index contributed by atoms with van der Waals surface area (Å²) in [7, 11) is 2.23. The molecule has 0 aromatic heterocycles. The van der Waals surface area contributed by atoms with E-state index in [1.807, 2.05) is 0 Å². The third-order valence-electron chi connectivity index (χ3n) is 5.04. The van der Waals surface area contributed by atoms with Crippen LogP contribution in [0.25, 0.3) is 0 Å². The standard InChI is InChI=1S/C18H28N2O/c1-18(2)17(15-6-4-5-7-16(15)21-18)19-11-8-14-9-12-20(3)13-10-14/h4-7,14,17,19H,8-13H2,1-3H3. The van der Waals surface area contributed by atoms with E-state index < -0.39 is 0 Å². The second kappa shape index (κ2) is 5.98. The number of benzene rings is 1. The van der Waals surface area contributed by atoms with Gasteiger partial charge in [-0.2, -0.15) is 0 Å². The van der Waals surface area contributed by atoms with Crippen LogP contribution in [-0.2, 0) is 0 Å². The zero-order valence-corrected chi connectivity index (χ0v) is 13.6. The van der Waals surface area contributed by atoms with Gasteiger partial charge in [0.15, 0.2) is 0 Å². The molecule has 1 saturated heterocycles. The molecule has 1 aromatic carbocycles. The van der Waals surface area contributed by atoms with Crippen molar-refractivity contribution in [1.82, 2.24) is 10.2 Å². The van der Waals surface area contributed by atoms with E-state index in [1.165, 1.54) is 37.9 Å². The number of hydrogen-bond acceptors (Lipinski definition) is 3. The lowest BCUT2D eigenvalue weighted by Crippen LogP contribution is -2.40. The monoisotopic (exact) mass is 288 g/mol. The highest BCUT2D eigenvalue weighted by molar-refractivity contribution is 5.42. The van der Waals surface area contributed by atoms with Crippen LogP contribution in [0.15, 0.2) is 24.3 Å². The van der Waals surface area contributed by atoms with Crippen molar-refractivity contribution in [3.63, 3.8) is 0 Å². The van der Waals surface area contributed by atoms with Crippen LogP contribution in [0.4, 0.5) is 0 Å². The third-order valence-corrected chi connectivity index (χ3v) is 5.04. The van der Waals surface area contributed by atoms with E-state index in [0.29, 0.717) is 6.04 Å². The number of ether oxygens (including phenoxy) is 1. The molecule has 1 atom stereocenters. The van der Waals surface area contributed by atoms with Crippen molar-refractivity contribution in [2.75, 3.05) is 26.7 Å². The van der Waals surface area contributed by atoms with Gasteiger partial charge in [0.1, 0.15) is 11.4 Å². The molecule has 116 valence electrons. The molecule has 3 rings (SSSR count). The van der Waals surface area contributed by atoms with Crippen LogP contribution in [0, 0.1) is 5.92 Å². The summed E-state index contributed by atoms with van der Waals surface area (Å²) in [6.45, 7) is 7.96. The molecule has 0 amide bonds. The van der Waals surface area contributed by atoms with Crippen molar-refractivity contribution in [2.24, 2.45) is 5.92 Å². The average molecular weight is 288 g/mol. The molecule has 1 N–H and O–H groups in total. The van der Waals surface area contributed by atoms with Crippen molar-refractivity contribution in [3.8, 4) is 5.75 Å². The summed E-state index contributed by atoms with van der Waals surface area (Å²) in [4.78, 5) is 2.44.